The number of aryl methyl sites for hydroxylation is 1. The highest BCUT2D eigenvalue weighted by atomic mass is 35.5. The monoisotopic (exact) mass is 320 g/mol. The summed E-state index contributed by atoms with van der Waals surface area (Å²) < 4.78 is 2.08. The number of nitrogen functional groups attached to an aromatic ring is 1. The standard InChI is InChI=1S/C15H14Cl2N4/c1-2-6-21-14(20-12-4-3-5-19-15(12)21)9-7-10(16)13(18)11(17)8-9/h3-5,7-8H,2,6,18H2,1H3. The molecule has 108 valence electrons. The molecule has 21 heavy (non-hydrogen) atoms. The average molecular weight is 321 g/mol. The lowest BCUT2D eigenvalue weighted by atomic mass is 10.2. The molecule has 0 aliphatic rings. The van der Waals surface area contributed by atoms with Gasteiger partial charge in [0.05, 0.1) is 15.7 Å². The first-order valence-electron chi connectivity index (χ1n) is 6.68. The van der Waals surface area contributed by atoms with Gasteiger partial charge in [0.2, 0.25) is 0 Å². The number of nitrogens with zero attached hydrogens (tertiary/aromatic N) is 3. The first kappa shape index (κ1) is 14.2. The number of benzene rings is 1. The minimum atomic E-state index is 0.387. The fourth-order valence-electron chi connectivity index (χ4n) is 2.33. The minimum Gasteiger partial charge on any atom is -0.396 e. The van der Waals surface area contributed by atoms with E-state index >= 15 is 0 Å². The van der Waals surface area contributed by atoms with Gasteiger partial charge in [0.25, 0.3) is 0 Å². The zero-order valence-corrected chi connectivity index (χ0v) is 13.0. The van der Waals surface area contributed by atoms with Gasteiger partial charge in [-0.05, 0) is 30.7 Å². The summed E-state index contributed by atoms with van der Waals surface area (Å²) in [5.74, 6) is 0.800. The molecule has 0 unspecified atom stereocenters. The molecule has 0 amide bonds. The van der Waals surface area contributed by atoms with E-state index in [-0.39, 0.29) is 0 Å². The molecular weight excluding hydrogens is 307 g/mol. The van der Waals surface area contributed by atoms with Crippen LogP contribution in [0.1, 0.15) is 13.3 Å². The summed E-state index contributed by atoms with van der Waals surface area (Å²) in [4.78, 5) is 9.07. The number of hydrogen-bond acceptors (Lipinski definition) is 3. The van der Waals surface area contributed by atoms with Crippen molar-refractivity contribution in [3.8, 4) is 11.4 Å². The van der Waals surface area contributed by atoms with Gasteiger partial charge >= 0.3 is 0 Å². The Morgan fingerprint density at radius 2 is 1.95 bits per heavy atom. The van der Waals surface area contributed by atoms with Crippen molar-refractivity contribution in [1.82, 2.24) is 14.5 Å². The van der Waals surface area contributed by atoms with Gasteiger partial charge in [-0.2, -0.15) is 0 Å². The van der Waals surface area contributed by atoms with Gasteiger partial charge in [0, 0.05) is 18.3 Å². The smallest absolute Gasteiger partial charge is 0.160 e. The molecule has 0 aliphatic heterocycles. The minimum absolute atomic E-state index is 0.387. The largest absolute Gasteiger partial charge is 0.396 e. The number of anilines is 1. The van der Waals surface area contributed by atoms with E-state index in [1.54, 1.807) is 18.3 Å². The van der Waals surface area contributed by atoms with Crippen LogP contribution in [0.25, 0.3) is 22.6 Å². The van der Waals surface area contributed by atoms with Crippen LogP contribution < -0.4 is 5.73 Å². The van der Waals surface area contributed by atoms with Gasteiger partial charge in [-0.15, -0.1) is 0 Å². The van der Waals surface area contributed by atoms with Crippen molar-refractivity contribution in [3.05, 3.63) is 40.5 Å². The first-order chi connectivity index (χ1) is 10.1. The number of hydrogen-bond donors (Lipinski definition) is 1. The predicted molar refractivity (Wildman–Crippen MR) is 87.7 cm³/mol. The zero-order chi connectivity index (χ0) is 15.0. The first-order valence-corrected chi connectivity index (χ1v) is 7.43. The van der Waals surface area contributed by atoms with Crippen LogP contribution in [0.3, 0.4) is 0 Å². The Labute approximate surface area is 132 Å². The van der Waals surface area contributed by atoms with E-state index in [4.69, 9.17) is 28.9 Å². The summed E-state index contributed by atoms with van der Waals surface area (Å²) in [7, 11) is 0. The van der Waals surface area contributed by atoms with Crippen LogP contribution in [0.15, 0.2) is 30.5 Å². The number of nitrogens with two attached hydrogens (primary N) is 1. The van der Waals surface area contributed by atoms with Crippen molar-refractivity contribution in [3.63, 3.8) is 0 Å². The van der Waals surface area contributed by atoms with Crippen LogP contribution in [0, 0.1) is 0 Å². The molecule has 1 aromatic carbocycles. The highest BCUT2D eigenvalue weighted by molar-refractivity contribution is 6.39. The van der Waals surface area contributed by atoms with Crippen LogP contribution in [0.5, 0.6) is 0 Å². The highest BCUT2D eigenvalue weighted by Crippen LogP contribution is 2.34. The summed E-state index contributed by atoms with van der Waals surface area (Å²) in [5, 5.41) is 0.862. The second kappa shape index (κ2) is 5.54. The lowest BCUT2D eigenvalue weighted by Gasteiger charge is -2.09. The second-order valence-corrected chi connectivity index (χ2v) is 5.60. The number of halogens is 2. The third-order valence-electron chi connectivity index (χ3n) is 3.29. The molecule has 0 spiro atoms. The Morgan fingerprint density at radius 3 is 2.62 bits per heavy atom. The van der Waals surface area contributed by atoms with Crippen molar-refractivity contribution in [1.29, 1.82) is 0 Å². The molecule has 6 heteroatoms. The summed E-state index contributed by atoms with van der Waals surface area (Å²) in [6.45, 7) is 2.93. The van der Waals surface area contributed by atoms with Crippen LogP contribution in [0.2, 0.25) is 10.0 Å². The van der Waals surface area contributed by atoms with Crippen LogP contribution >= 0.6 is 23.2 Å². The molecule has 0 bridgehead atoms. The van der Waals surface area contributed by atoms with E-state index in [0.717, 1.165) is 35.5 Å². The molecule has 0 aliphatic carbocycles. The van der Waals surface area contributed by atoms with Crippen LogP contribution in [0.4, 0.5) is 5.69 Å². The quantitative estimate of drug-likeness (QED) is 0.728. The fourth-order valence-corrected chi connectivity index (χ4v) is 2.81. The van der Waals surface area contributed by atoms with Gasteiger partial charge < -0.3 is 10.3 Å². The van der Waals surface area contributed by atoms with Gasteiger partial charge in [-0.25, -0.2) is 9.97 Å². The van der Waals surface area contributed by atoms with Crippen molar-refractivity contribution in [2.45, 2.75) is 19.9 Å². The summed E-state index contributed by atoms with van der Waals surface area (Å²) in [5.41, 5.74) is 8.73. The molecule has 2 aromatic heterocycles. The molecule has 0 fully saturated rings. The number of aromatic nitrogens is 3. The predicted octanol–water partition coefficient (Wildman–Crippen LogP) is 4.40. The molecule has 2 heterocycles. The Kier molecular flexibility index (Phi) is 3.74. The maximum atomic E-state index is 6.14. The van der Waals surface area contributed by atoms with Crippen LogP contribution in [-0.2, 0) is 6.54 Å². The van der Waals surface area contributed by atoms with Gasteiger partial charge in [-0.3, -0.25) is 0 Å². The topological polar surface area (TPSA) is 56.7 Å². The lowest BCUT2D eigenvalue weighted by Crippen LogP contribution is -2.01. The van der Waals surface area contributed by atoms with E-state index in [2.05, 4.69) is 21.5 Å². The van der Waals surface area contributed by atoms with Crippen LogP contribution in [-0.4, -0.2) is 14.5 Å². The van der Waals surface area contributed by atoms with E-state index < -0.39 is 0 Å². The van der Waals surface area contributed by atoms with E-state index in [9.17, 15) is 0 Å². The molecule has 2 N–H and O–H groups in total. The molecule has 3 rings (SSSR count). The molecule has 3 aromatic rings. The van der Waals surface area contributed by atoms with E-state index in [1.807, 2.05) is 12.1 Å². The average Bonchev–Trinajstić information content (AvgIpc) is 2.84. The van der Waals surface area contributed by atoms with E-state index in [0.29, 0.717) is 15.7 Å². The zero-order valence-electron chi connectivity index (χ0n) is 11.5. The maximum Gasteiger partial charge on any atom is 0.160 e. The van der Waals surface area contributed by atoms with E-state index in [1.165, 1.54) is 0 Å². The summed E-state index contributed by atoms with van der Waals surface area (Å²) in [6.07, 6.45) is 2.74. The third kappa shape index (κ3) is 2.45. The SMILES string of the molecule is CCCn1c(-c2cc(Cl)c(N)c(Cl)c2)nc2cccnc21. The Balaban J connectivity index is 2.26. The molecular formula is C15H14Cl2N4. The number of fused-ring (bicyclic) bond motifs is 1. The number of pyridine rings is 1. The lowest BCUT2D eigenvalue weighted by molar-refractivity contribution is 0.698. The van der Waals surface area contributed by atoms with Gasteiger partial charge in [-0.1, -0.05) is 30.1 Å². The number of rotatable bonds is 3. The molecule has 0 radical (unpaired) electrons. The van der Waals surface area contributed by atoms with Gasteiger partial charge in [0.1, 0.15) is 11.3 Å². The Hall–Kier alpha value is -1.78. The normalized spacial score (nSPS) is 11.2. The van der Waals surface area contributed by atoms with Crippen molar-refractivity contribution in [2.24, 2.45) is 0 Å². The Bertz CT molecular complexity index is 788. The van der Waals surface area contributed by atoms with Crippen molar-refractivity contribution in [2.75, 3.05) is 5.73 Å². The molecule has 0 saturated carbocycles. The van der Waals surface area contributed by atoms with Crippen molar-refractivity contribution < 1.29 is 0 Å². The van der Waals surface area contributed by atoms with Crippen molar-refractivity contribution >= 4 is 40.1 Å². The second-order valence-electron chi connectivity index (χ2n) is 4.79. The Morgan fingerprint density at radius 1 is 1.24 bits per heavy atom. The summed E-state index contributed by atoms with van der Waals surface area (Å²) in [6, 6.07) is 7.39. The maximum absolute atomic E-state index is 6.14. The van der Waals surface area contributed by atoms with Gasteiger partial charge in [0.15, 0.2) is 5.65 Å². The summed E-state index contributed by atoms with van der Waals surface area (Å²) >= 11 is 12.3. The third-order valence-corrected chi connectivity index (χ3v) is 3.91. The molecule has 0 saturated heterocycles. The fraction of sp³-hybridized carbons (Fsp3) is 0.200. The number of imidazole rings is 1. The molecule has 0 atom stereocenters. The highest BCUT2D eigenvalue weighted by Gasteiger charge is 2.15. The molecule has 4 nitrogen and oxygen atoms in total.